The SMILES string of the molecule is CCCCCCNC(=O)C1CCCCN1C. The second-order valence-electron chi connectivity index (χ2n) is 4.84. The van der Waals surface area contributed by atoms with Gasteiger partial charge in [-0.25, -0.2) is 0 Å². The van der Waals surface area contributed by atoms with Crippen molar-refractivity contribution in [2.24, 2.45) is 0 Å². The largest absolute Gasteiger partial charge is 0.355 e. The van der Waals surface area contributed by atoms with Gasteiger partial charge in [-0.1, -0.05) is 32.6 Å². The van der Waals surface area contributed by atoms with E-state index in [0.717, 1.165) is 25.9 Å². The molecular formula is C13H26N2O. The highest BCUT2D eigenvalue weighted by Crippen LogP contribution is 2.14. The number of amides is 1. The summed E-state index contributed by atoms with van der Waals surface area (Å²) in [6, 6.07) is 0.125. The van der Waals surface area contributed by atoms with E-state index in [1.807, 2.05) is 0 Å². The maximum absolute atomic E-state index is 11.9. The van der Waals surface area contributed by atoms with Crippen LogP contribution in [0, 0.1) is 0 Å². The number of nitrogens with one attached hydrogen (secondary N) is 1. The third-order valence-electron chi connectivity index (χ3n) is 3.40. The van der Waals surface area contributed by atoms with Gasteiger partial charge < -0.3 is 5.32 Å². The Balaban J connectivity index is 2.13. The lowest BCUT2D eigenvalue weighted by molar-refractivity contribution is -0.127. The van der Waals surface area contributed by atoms with Gasteiger partial charge in [0.15, 0.2) is 0 Å². The van der Waals surface area contributed by atoms with Crippen molar-refractivity contribution >= 4 is 5.91 Å². The van der Waals surface area contributed by atoms with Crippen LogP contribution in [0.25, 0.3) is 0 Å². The van der Waals surface area contributed by atoms with Gasteiger partial charge in [0.1, 0.15) is 0 Å². The molecule has 0 radical (unpaired) electrons. The lowest BCUT2D eigenvalue weighted by Gasteiger charge is -2.31. The lowest BCUT2D eigenvalue weighted by Crippen LogP contribution is -2.47. The van der Waals surface area contributed by atoms with Crippen LogP contribution >= 0.6 is 0 Å². The van der Waals surface area contributed by atoms with E-state index in [2.05, 4.69) is 24.2 Å². The molecule has 94 valence electrons. The van der Waals surface area contributed by atoms with Gasteiger partial charge in [0.2, 0.25) is 5.91 Å². The predicted octanol–water partition coefficient (Wildman–Crippen LogP) is 2.17. The number of likely N-dealkylation sites (tertiary alicyclic amines) is 1. The predicted molar refractivity (Wildman–Crippen MR) is 67.4 cm³/mol. The van der Waals surface area contributed by atoms with Crippen molar-refractivity contribution in [2.75, 3.05) is 20.1 Å². The lowest BCUT2D eigenvalue weighted by atomic mass is 10.0. The van der Waals surface area contributed by atoms with Gasteiger partial charge in [-0.2, -0.15) is 0 Å². The highest BCUT2D eigenvalue weighted by molar-refractivity contribution is 5.81. The average Bonchev–Trinajstić information content (AvgIpc) is 2.29. The topological polar surface area (TPSA) is 32.3 Å². The van der Waals surface area contributed by atoms with E-state index in [-0.39, 0.29) is 11.9 Å². The third kappa shape index (κ3) is 4.52. The molecule has 0 spiro atoms. The molecule has 0 aromatic rings. The van der Waals surface area contributed by atoms with Gasteiger partial charge in [0.25, 0.3) is 0 Å². The molecule has 1 heterocycles. The minimum Gasteiger partial charge on any atom is -0.355 e. The first-order valence-corrected chi connectivity index (χ1v) is 6.73. The summed E-state index contributed by atoms with van der Waals surface area (Å²) in [6.07, 6.45) is 8.33. The number of hydrogen-bond acceptors (Lipinski definition) is 2. The highest BCUT2D eigenvalue weighted by atomic mass is 16.2. The fourth-order valence-corrected chi connectivity index (χ4v) is 2.29. The molecule has 0 saturated carbocycles. The van der Waals surface area contributed by atoms with E-state index in [1.165, 1.54) is 32.1 Å². The first-order valence-electron chi connectivity index (χ1n) is 6.73. The summed E-state index contributed by atoms with van der Waals surface area (Å²) >= 11 is 0. The minimum absolute atomic E-state index is 0.125. The van der Waals surface area contributed by atoms with Crippen LogP contribution in [0.2, 0.25) is 0 Å². The van der Waals surface area contributed by atoms with Crippen LogP contribution in [0.4, 0.5) is 0 Å². The molecule has 0 bridgehead atoms. The van der Waals surface area contributed by atoms with Crippen LogP contribution in [0.3, 0.4) is 0 Å². The van der Waals surface area contributed by atoms with Gasteiger partial charge >= 0.3 is 0 Å². The molecule has 1 aliphatic rings. The molecular weight excluding hydrogens is 200 g/mol. The van der Waals surface area contributed by atoms with Crippen molar-refractivity contribution in [1.29, 1.82) is 0 Å². The fourth-order valence-electron chi connectivity index (χ4n) is 2.29. The monoisotopic (exact) mass is 226 g/mol. The zero-order valence-corrected chi connectivity index (χ0v) is 10.8. The fraction of sp³-hybridized carbons (Fsp3) is 0.923. The molecule has 1 aliphatic heterocycles. The van der Waals surface area contributed by atoms with Gasteiger partial charge in [0, 0.05) is 6.54 Å². The summed E-state index contributed by atoms with van der Waals surface area (Å²) in [6.45, 7) is 4.12. The Morgan fingerprint density at radius 1 is 1.31 bits per heavy atom. The summed E-state index contributed by atoms with van der Waals surface area (Å²) in [5.41, 5.74) is 0. The minimum atomic E-state index is 0.125. The molecule has 0 aliphatic carbocycles. The molecule has 1 unspecified atom stereocenters. The normalized spacial score (nSPS) is 22.0. The van der Waals surface area contributed by atoms with Gasteiger partial charge in [-0.05, 0) is 32.9 Å². The smallest absolute Gasteiger partial charge is 0.237 e. The Kier molecular flexibility index (Phi) is 6.46. The zero-order valence-electron chi connectivity index (χ0n) is 10.8. The molecule has 1 N–H and O–H groups in total. The number of hydrogen-bond donors (Lipinski definition) is 1. The second-order valence-corrected chi connectivity index (χ2v) is 4.84. The van der Waals surface area contributed by atoms with Gasteiger partial charge in [-0.3, -0.25) is 9.69 Å². The molecule has 3 nitrogen and oxygen atoms in total. The van der Waals surface area contributed by atoms with Crippen LogP contribution in [0.15, 0.2) is 0 Å². The maximum Gasteiger partial charge on any atom is 0.237 e. The standard InChI is InChI=1S/C13H26N2O/c1-3-4-5-7-10-14-13(16)12-9-6-8-11-15(12)2/h12H,3-11H2,1-2H3,(H,14,16). The van der Waals surface area contributed by atoms with Crippen molar-refractivity contribution in [1.82, 2.24) is 10.2 Å². The Morgan fingerprint density at radius 2 is 2.12 bits per heavy atom. The second kappa shape index (κ2) is 7.66. The molecule has 1 saturated heterocycles. The van der Waals surface area contributed by atoms with E-state index >= 15 is 0 Å². The van der Waals surface area contributed by atoms with Crippen molar-refractivity contribution in [3.8, 4) is 0 Å². The number of nitrogens with zero attached hydrogens (tertiary/aromatic N) is 1. The van der Waals surface area contributed by atoms with Gasteiger partial charge in [-0.15, -0.1) is 0 Å². The van der Waals surface area contributed by atoms with Crippen molar-refractivity contribution in [3.05, 3.63) is 0 Å². The first-order chi connectivity index (χ1) is 7.75. The Morgan fingerprint density at radius 3 is 2.81 bits per heavy atom. The van der Waals surface area contributed by atoms with Crippen molar-refractivity contribution < 1.29 is 4.79 Å². The number of piperidine rings is 1. The van der Waals surface area contributed by atoms with Crippen LogP contribution in [0.5, 0.6) is 0 Å². The molecule has 1 atom stereocenters. The Bertz CT molecular complexity index is 206. The summed E-state index contributed by atoms with van der Waals surface area (Å²) in [5.74, 6) is 0.235. The Labute approximate surface area is 99.6 Å². The summed E-state index contributed by atoms with van der Waals surface area (Å²) in [4.78, 5) is 14.1. The first kappa shape index (κ1) is 13.5. The highest BCUT2D eigenvalue weighted by Gasteiger charge is 2.25. The summed E-state index contributed by atoms with van der Waals surface area (Å²) in [5, 5.41) is 3.06. The maximum atomic E-state index is 11.9. The molecule has 16 heavy (non-hydrogen) atoms. The summed E-state index contributed by atoms with van der Waals surface area (Å²) in [7, 11) is 2.06. The molecule has 1 rings (SSSR count). The molecule has 3 heteroatoms. The van der Waals surface area contributed by atoms with Crippen LogP contribution in [0.1, 0.15) is 51.9 Å². The number of carbonyl (C=O) groups excluding carboxylic acids is 1. The average molecular weight is 226 g/mol. The number of unbranched alkanes of at least 4 members (excludes halogenated alkanes) is 3. The third-order valence-corrected chi connectivity index (χ3v) is 3.40. The quantitative estimate of drug-likeness (QED) is 0.704. The van der Waals surface area contributed by atoms with Crippen LogP contribution in [-0.2, 0) is 4.79 Å². The number of carbonyl (C=O) groups is 1. The Hall–Kier alpha value is -0.570. The number of rotatable bonds is 6. The molecule has 0 aromatic heterocycles. The zero-order chi connectivity index (χ0) is 11.8. The van der Waals surface area contributed by atoms with Crippen molar-refractivity contribution in [3.63, 3.8) is 0 Å². The van der Waals surface area contributed by atoms with E-state index < -0.39 is 0 Å². The van der Waals surface area contributed by atoms with E-state index in [9.17, 15) is 4.79 Å². The molecule has 1 fully saturated rings. The van der Waals surface area contributed by atoms with Gasteiger partial charge in [0.05, 0.1) is 6.04 Å². The van der Waals surface area contributed by atoms with E-state index in [4.69, 9.17) is 0 Å². The number of likely N-dealkylation sites (N-methyl/N-ethyl adjacent to an activating group) is 1. The van der Waals surface area contributed by atoms with Crippen LogP contribution < -0.4 is 5.32 Å². The molecule has 0 aromatic carbocycles. The summed E-state index contributed by atoms with van der Waals surface area (Å²) < 4.78 is 0. The van der Waals surface area contributed by atoms with E-state index in [0.29, 0.717) is 0 Å². The van der Waals surface area contributed by atoms with Crippen LogP contribution in [-0.4, -0.2) is 37.0 Å². The molecule has 1 amide bonds. The van der Waals surface area contributed by atoms with Crippen molar-refractivity contribution in [2.45, 2.75) is 57.9 Å². The van der Waals surface area contributed by atoms with E-state index in [1.54, 1.807) is 0 Å².